The van der Waals surface area contributed by atoms with E-state index in [0.29, 0.717) is 17.7 Å². The van der Waals surface area contributed by atoms with Crippen LogP contribution in [0.4, 0.5) is 8.78 Å². The average molecular weight is 365 g/mol. The Labute approximate surface area is 150 Å². The van der Waals surface area contributed by atoms with Gasteiger partial charge in [0, 0.05) is 38.0 Å². The Balaban J connectivity index is 1.51. The molecule has 2 aliphatic heterocycles. The summed E-state index contributed by atoms with van der Waals surface area (Å²) in [6.45, 7) is 1.06. The van der Waals surface area contributed by atoms with Gasteiger partial charge in [0.25, 0.3) is 11.8 Å². The van der Waals surface area contributed by atoms with Gasteiger partial charge in [0.1, 0.15) is 6.10 Å². The fourth-order valence-corrected chi connectivity index (χ4v) is 3.24. The zero-order valence-corrected chi connectivity index (χ0v) is 14.2. The van der Waals surface area contributed by atoms with E-state index in [2.05, 4.69) is 5.32 Å². The molecule has 3 atom stereocenters. The molecule has 2 aliphatic rings. The summed E-state index contributed by atoms with van der Waals surface area (Å²) in [6.07, 6.45) is -1.80. The van der Waals surface area contributed by atoms with Gasteiger partial charge >= 0.3 is 0 Å². The number of nitrogens with one attached hydrogen (secondary N) is 1. The Morgan fingerprint density at radius 3 is 2.62 bits per heavy atom. The van der Waals surface area contributed by atoms with Crippen molar-refractivity contribution in [1.29, 1.82) is 5.26 Å². The molecule has 0 radical (unpaired) electrons. The Kier molecular flexibility index (Phi) is 5.51. The lowest BCUT2D eigenvalue weighted by atomic mass is 10.0. The minimum atomic E-state index is -2.61. The number of hydrogen-bond acceptors (Lipinski definition) is 5. The van der Waals surface area contributed by atoms with E-state index in [4.69, 9.17) is 10.00 Å². The number of nitrogens with zero attached hydrogens (tertiary/aromatic N) is 2. The topological polar surface area (TPSA) is 85.6 Å². The SMILES string of the molecule is N#Cc1ccc(C(=O)N[C@H]2CO[C@@H](CN3CCC(F)(F)CC3)[C@@H]2O)cc1. The normalized spacial score (nSPS) is 28.5. The van der Waals surface area contributed by atoms with Crippen molar-refractivity contribution in [3.63, 3.8) is 0 Å². The van der Waals surface area contributed by atoms with Crippen LogP contribution in [0.1, 0.15) is 28.8 Å². The third kappa shape index (κ3) is 4.36. The average Bonchev–Trinajstić information content (AvgIpc) is 2.97. The maximum Gasteiger partial charge on any atom is 0.251 e. The van der Waals surface area contributed by atoms with Crippen LogP contribution in [0.3, 0.4) is 0 Å². The van der Waals surface area contributed by atoms with Gasteiger partial charge in [0.15, 0.2) is 0 Å². The van der Waals surface area contributed by atoms with Gasteiger partial charge in [-0.2, -0.15) is 5.26 Å². The van der Waals surface area contributed by atoms with Gasteiger partial charge in [-0.3, -0.25) is 4.79 Å². The molecule has 0 aliphatic carbocycles. The Morgan fingerprint density at radius 1 is 1.35 bits per heavy atom. The van der Waals surface area contributed by atoms with Crippen LogP contribution in [0.25, 0.3) is 0 Å². The predicted octanol–water partition coefficient (Wildman–Crippen LogP) is 1.15. The second-order valence-electron chi connectivity index (χ2n) is 6.79. The molecule has 2 saturated heterocycles. The molecule has 0 bridgehead atoms. The number of aliphatic hydroxyl groups is 1. The van der Waals surface area contributed by atoms with E-state index < -0.39 is 24.2 Å². The monoisotopic (exact) mass is 365 g/mol. The van der Waals surface area contributed by atoms with Gasteiger partial charge in [-0.05, 0) is 24.3 Å². The second-order valence-corrected chi connectivity index (χ2v) is 6.79. The van der Waals surface area contributed by atoms with Crippen LogP contribution in [0.5, 0.6) is 0 Å². The number of nitriles is 1. The zero-order valence-electron chi connectivity index (χ0n) is 14.2. The summed E-state index contributed by atoms with van der Waals surface area (Å²) in [6, 6.07) is 7.60. The highest BCUT2D eigenvalue weighted by atomic mass is 19.3. The van der Waals surface area contributed by atoms with Crippen molar-refractivity contribution in [3.05, 3.63) is 35.4 Å². The quantitative estimate of drug-likeness (QED) is 0.836. The molecule has 2 N–H and O–H groups in total. The van der Waals surface area contributed by atoms with Gasteiger partial charge in [-0.1, -0.05) is 0 Å². The Morgan fingerprint density at radius 2 is 2.00 bits per heavy atom. The minimum Gasteiger partial charge on any atom is -0.388 e. The Bertz CT molecular complexity index is 680. The summed E-state index contributed by atoms with van der Waals surface area (Å²) in [5.74, 6) is -2.97. The van der Waals surface area contributed by atoms with Crippen LogP contribution >= 0.6 is 0 Å². The third-order valence-electron chi connectivity index (χ3n) is 4.90. The fraction of sp³-hybridized carbons (Fsp3) is 0.556. The first kappa shape index (κ1) is 18.7. The molecule has 0 aromatic heterocycles. The van der Waals surface area contributed by atoms with Gasteiger partial charge in [-0.15, -0.1) is 0 Å². The molecule has 6 nitrogen and oxygen atoms in total. The van der Waals surface area contributed by atoms with Gasteiger partial charge in [0.05, 0.1) is 30.4 Å². The highest BCUT2D eigenvalue weighted by Crippen LogP contribution is 2.28. The van der Waals surface area contributed by atoms with E-state index >= 15 is 0 Å². The highest BCUT2D eigenvalue weighted by molar-refractivity contribution is 5.94. The number of likely N-dealkylation sites (tertiary alicyclic amines) is 1. The van der Waals surface area contributed by atoms with Crippen molar-refractivity contribution >= 4 is 5.91 Å². The smallest absolute Gasteiger partial charge is 0.251 e. The standard InChI is InChI=1S/C18H21F2N3O3/c19-18(20)5-7-23(8-6-18)10-15-16(24)14(11-26-15)22-17(25)13-3-1-12(9-21)2-4-13/h1-4,14-16,24H,5-8,10-11H2,(H,22,25)/t14-,15-,16+/m0/s1. The maximum atomic E-state index is 13.2. The molecule has 1 aromatic rings. The van der Waals surface area contributed by atoms with Crippen molar-refractivity contribution in [2.75, 3.05) is 26.2 Å². The molecule has 1 aromatic carbocycles. The van der Waals surface area contributed by atoms with E-state index in [0.717, 1.165) is 0 Å². The highest BCUT2D eigenvalue weighted by Gasteiger charge is 2.40. The first-order chi connectivity index (χ1) is 12.4. The summed E-state index contributed by atoms with van der Waals surface area (Å²) in [5.41, 5.74) is 0.843. The van der Waals surface area contributed by atoms with E-state index in [1.807, 2.05) is 11.0 Å². The molecular weight excluding hydrogens is 344 g/mol. The molecule has 0 unspecified atom stereocenters. The van der Waals surface area contributed by atoms with E-state index in [1.165, 1.54) is 0 Å². The number of aliphatic hydroxyl groups excluding tert-OH is 1. The third-order valence-corrected chi connectivity index (χ3v) is 4.90. The summed E-state index contributed by atoms with van der Waals surface area (Å²) in [4.78, 5) is 14.1. The van der Waals surface area contributed by atoms with E-state index in [-0.39, 0.29) is 38.4 Å². The number of benzene rings is 1. The van der Waals surface area contributed by atoms with Crippen LogP contribution in [0, 0.1) is 11.3 Å². The van der Waals surface area contributed by atoms with Crippen molar-refractivity contribution < 1.29 is 23.4 Å². The number of ether oxygens (including phenoxy) is 1. The number of alkyl halides is 2. The van der Waals surface area contributed by atoms with Crippen molar-refractivity contribution in [2.45, 2.75) is 37.0 Å². The lowest BCUT2D eigenvalue weighted by Crippen LogP contribution is -2.48. The molecule has 2 heterocycles. The van der Waals surface area contributed by atoms with Gasteiger partial charge in [-0.25, -0.2) is 8.78 Å². The fourth-order valence-electron chi connectivity index (χ4n) is 3.24. The van der Waals surface area contributed by atoms with Crippen LogP contribution in [-0.2, 0) is 4.74 Å². The van der Waals surface area contributed by atoms with Gasteiger partial charge < -0.3 is 20.1 Å². The van der Waals surface area contributed by atoms with Crippen molar-refractivity contribution in [1.82, 2.24) is 10.2 Å². The number of hydrogen-bond donors (Lipinski definition) is 2. The first-order valence-corrected chi connectivity index (χ1v) is 8.59. The molecule has 26 heavy (non-hydrogen) atoms. The van der Waals surface area contributed by atoms with Crippen LogP contribution in [0.2, 0.25) is 0 Å². The molecule has 8 heteroatoms. The van der Waals surface area contributed by atoms with Crippen molar-refractivity contribution in [2.24, 2.45) is 0 Å². The predicted molar refractivity (Wildman–Crippen MR) is 88.8 cm³/mol. The van der Waals surface area contributed by atoms with Crippen LogP contribution < -0.4 is 5.32 Å². The summed E-state index contributed by atoms with van der Waals surface area (Å²) in [5, 5.41) is 21.9. The van der Waals surface area contributed by atoms with Crippen LogP contribution in [-0.4, -0.2) is 66.3 Å². The summed E-state index contributed by atoms with van der Waals surface area (Å²) < 4.78 is 32.0. The van der Waals surface area contributed by atoms with Gasteiger partial charge in [0.2, 0.25) is 0 Å². The van der Waals surface area contributed by atoms with Crippen LogP contribution in [0.15, 0.2) is 24.3 Å². The molecule has 1 amide bonds. The Hall–Kier alpha value is -2.08. The van der Waals surface area contributed by atoms with E-state index in [9.17, 15) is 18.7 Å². The number of amides is 1. The maximum absolute atomic E-state index is 13.2. The van der Waals surface area contributed by atoms with Crippen molar-refractivity contribution in [3.8, 4) is 6.07 Å². The molecule has 0 spiro atoms. The summed E-state index contributed by atoms with van der Waals surface area (Å²) in [7, 11) is 0. The number of carbonyl (C=O) groups excluding carboxylic acids is 1. The first-order valence-electron chi connectivity index (χ1n) is 8.59. The lowest BCUT2D eigenvalue weighted by molar-refractivity contribution is -0.0674. The molecule has 140 valence electrons. The molecular formula is C18H21F2N3O3. The second kappa shape index (κ2) is 7.66. The molecule has 0 saturated carbocycles. The molecule has 3 rings (SSSR count). The summed E-state index contributed by atoms with van der Waals surface area (Å²) >= 11 is 0. The number of carbonyl (C=O) groups is 1. The largest absolute Gasteiger partial charge is 0.388 e. The lowest BCUT2D eigenvalue weighted by Gasteiger charge is -2.33. The number of piperidine rings is 1. The zero-order chi connectivity index (χ0) is 18.7. The minimum absolute atomic E-state index is 0.165. The molecule has 2 fully saturated rings. The number of halogens is 2. The van der Waals surface area contributed by atoms with E-state index in [1.54, 1.807) is 24.3 Å². The number of rotatable bonds is 4.